The van der Waals surface area contributed by atoms with Crippen molar-refractivity contribution >= 4 is 22.2 Å². The van der Waals surface area contributed by atoms with E-state index in [1.54, 1.807) is 25.3 Å². The third kappa shape index (κ3) is 2.93. The fourth-order valence-corrected chi connectivity index (χ4v) is 1.97. The molecule has 2 aromatic rings. The second kappa shape index (κ2) is 5.84. The van der Waals surface area contributed by atoms with Crippen molar-refractivity contribution < 1.29 is 18.7 Å². The van der Waals surface area contributed by atoms with Gasteiger partial charge in [-0.3, -0.25) is 4.79 Å². The number of rotatable bonds is 4. The zero-order valence-electron chi connectivity index (χ0n) is 10.0. The highest BCUT2D eigenvalue weighted by Gasteiger charge is 2.11. The quantitative estimate of drug-likeness (QED) is 0.790. The smallest absolute Gasteiger partial charge is 0.156 e. The third-order valence-corrected chi connectivity index (χ3v) is 3.11. The van der Waals surface area contributed by atoms with Crippen LogP contribution in [0.3, 0.4) is 0 Å². The molecule has 0 spiro atoms. The van der Waals surface area contributed by atoms with Crippen LogP contribution in [0, 0.1) is 5.82 Å². The van der Waals surface area contributed by atoms with Gasteiger partial charge >= 0.3 is 0 Å². The largest absolute Gasteiger partial charge is 0.497 e. The monoisotopic (exact) mass is 324 g/mol. The highest BCUT2D eigenvalue weighted by Crippen LogP contribution is 2.34. The number of ether oxygens (including phenoxy) is 2. The van der Waals surface area contributed by atoms with Gasteiger partial charge in [-0.15, -0.1) is 0 Å². The summed E-state index contributed by atoms with van der Waals surface area (Å²) in [7, 11) is 1.55. The van der Waals surface area contributed by atoms with Gasteiger partial charge in [-0.25, -0.2) is 4.39 Å². The second-order valence-electron chi connectivity index (χ2n) is 3.67. The molecule has 0 saturated carbocycles. The average molecular weight is 325 g/mol. The minimum Gasteiger partial charge on any atom is -0.497 e. The number of carbonyl (C=O) groups is 1. The second-order valence-corrected chi connectivity index (χ2v) is 4.52. The molecule has 19 heavy (non-hydrogen) atoms. The van der Waals surface area contributed by atoms with Crippen molar-refractivity contribution in [1.82, 2.24) is 0 Å². The van der Waals surface area contributed by atoms with Crippen LogP contribution in [0.1, 0.15) is 10.4 Å². The van der Waals surface area contributed by atoms with Gasteiger partial charge in [0.15, 0.2) is 6.29 Å². The van der Waals surface area contributed by atoms with Gasteiger partial charge in [0.1, 0.15) is 23.1 Å². The number of hydrogen-bond acceptors (Lipinski definition) is 3. The number of aldehydes is 1. The molecule has 5 heteroatoms. The van der Waals surface area contributed by atoms with E-state index in [1.807, 2.05) is 0 Å². The molecule has 2 aromatic carbocycles. The minimum absolute atomic E-state index is 0.106. The van der Waals surface area contributed by atoms with Gasteiger partial charge in [0.25, 0.3) is 0 Å². The topological polar surface area (TPSA) is 35.5 Å². The summed E-state index contributed by atoms with van der Waals surface area (Å²) in [5, 5.41) is 0. The predicted octanol–water partition coefficient (Wildman–Crippen LogP) is 4.20. The normalized spacial score (nSPS) is 10.1. The maximum atomic E-state index is 13.4. The van der Waals surface area contributed by atoms with E-state index in [4.69, 9.17) is 9.47 Å². The van der Waals surface area contributed by atoms with Gasteiger partial charge in [-0.2, -0.15) is 0 Å². The van der Waals surface area contributed by atoms with Crippen LogP contribution in [0.15, 0.2) is 40.9 Å². The number of hydrogen-bond donors (Lipinski definition) is 0. The lowest BCUT2D eigenvalue weighted by molar-refractivity contribution is 0.111. The first kappa shape index (κ1) is 13.5. The molecule has 0 fully saturated rings. The predicted molar refractivity (Wildman–Crippen MR) is 72.6 cm³/mol. The zero-order chi connectivity index (χ0) is 13.8. The van der Waals surface area contributed by atoms with Gasteiger partial charge in [0, 0.05) is 0 Å². The molecule has 0 aliphatic heterocycles. The molecule has 98 valence electrons. The molecule has 0 atom stereocenters. The summed E-state index contributed by atoms with van der Waals surface area (Å²) in [6.07, 6.45) is 0.433. The highest BCUT2D eigenvalue weighted by molar-refractivity contribution is 9.10. The van der Waals surface area contributed by atoms with Crippen LogP contribution in [0.2, 0.25) is 0 Å². The Kier molecular flexibility index (Phi) is 4.16. The number of methoxy groups -OCH3 is 1. The maximum Gasteiger partial charge on any atom is 0.156 e. The summed E-state index contributed by atoms with van der Waals surface area (Å²) in [5.74, 6) is 0.682. The van der Waals surface area contributed by atoms with Crippen LogP contribution in [0.25, 0.3) is 0 Å². The lowest BCUT2D eigenvalue weighted by atomic mass is 10.2. The van der Waals surface area contributed by atoms with Crippen molar-refractivity contribution in [3.05, 3.63) is 52.3 Å². The van der Waals surface area contributed by atoms with Crippen LogP contribution in [0.4, 0.5) is 4.39 Å². The summed E-state index contributed by atoms with van der Waals surface area (Å²) >= 11 is 3.32. The first-order valence-electron chi connectivity index (χ1n) is 5.41. The Bertz CT molecular complexity index is 614. The Morgan fingerprint density at radius 3 is 2.63 bits per heavy atom. The summed E-state index contributed by atoms with van der Waals surface area (Å²) in [6, 6.07) is 9.32. The SMILES string of the molecule is COc1ccc(Oc2cccc(F)c2C=O)c(Br)c1. The lowest BCUT2D eigenvalue weighted by Crippen LogP contribution is -1.94. The summed E-state index contributed by atoms with van der Waals surface area (Å²) in [5.41, 5.74) is -0.106. The summed E-state index contributed by atoms with van der Waals surface area (Å²) < 4.78 is 24.7. The Balaban J connectivity index is 2.36. The molecule has 2 rings (SSSR count). The number of benzene rings is 2. The maximum absolute atomic E-state index is 13.4. The van der Waals surface area contributed by atoms with E-state index in [0.29, 0.717) is 22.3 Å². The molecule has 0 saturated heterocycles. The fraction of sp³-hybridized carbons (Fsp3) is 0.0714. The van der Waals surface area contributed by atoms with E-state index in [-0.39, 0.29) is 11.3 Å². The molecule has 0 aliphatic carbocycles. The van der Waals surface area contributed by atoms with Crippen molar-refractivity contribution in [2.24, 2.45) is 0 Å². The molecule has 3 nitrogen and oxygen atoms in total. The molecule has 0 N–H and O–H groups in total. The van der Waals surface area contributed by atoms with Crippen LogP contribution < -0.4 is 9.47 Å². The van der Waals surface area contributed by atoms with E-state index in [2.05, 4.69) is 15.9 Å². The van der Waals surface area contributed by atoms with Crippen molar-refractivity contribution in [2.75, 3.05) is 7.11 Å². The fourth-order valence-electron chi connectivity index (χ4n) is 1.53. The molecule has 0 unspecified atom stereocenters. The van der Waals surface area contributed by atoms with Crippen molar-refractivity contribution in [2.45, 2.75) is 0 Å². The average Bonchev–Trinajstić information content (AvgIpc) is 2.41. The summed E-state index contributed by atoms with van der Waals surface area (Å²) in [6.45, 7) is 0. The molecule has 0 bridgehead atoms. The molecule has 0 radical (unpaired) electrons. The zero-order valence-corrected chi connectivity index (χ0v) is 11.6. The highest BCUT2D eigenvalue weighted by atomic mass is 79.9. The van der Waals surface area contributed by atoms with Gasteiger partial charge in [-0.05, 0) is 46.3 Å². The summed E-state index contributed by atoms with van der Waals surface area (Å²) in [4.78, 5) is 10.9. The Hall–Kier alpha value is -1.88. The molecule has 0 aliphatic rings. The van der Waals surface area contributed by atoms with Crippen LogP contribution >= 0.6 is 15.9 Å². The molecule has 0 aromatic heterocycles. The van der Waals surface area contributed by atoms with Crippen molar-refractivity contribution in [3.8, 4) is 17.2 Å². The first-order valence-corrected chi connectivity index (χ1v) is 6.20. The standard InChI is InChI=1S/C14H10BrFO3/c1-18-9-5-6-14(11(15)7-9)19-13-4-2-3-12(16)10(13)8-17/h2-8H,1H3. The Labute approximate surface area is 118 Å². The first-order chi connectivity index (χ1) is 9.15. The number of carbonyl (C=O) groups excluding carboxylic acids is 1. The van der Waals surface area contributed by atoms with E-state index in [0.717, 1.165) is 0 Å². The van der Waals surface area contributed by atoms with E-state index >= 15 is 0 Å². The lowest BCUT2D eigenvalue weighted by Gasteiger charge is -2.11. The van der Waals surface area contributed by atoms with Crippen LogP contribution in [-0.4, -0.2) is 13.4 Å². The van der Waals surface area contributed by atoms with E-state index in [9.17, 15) is 9.18 Å². The van der Waals surface area contributed by atoms with Crippen molar-refractivity contribution in [1.29, 1.82) is 0 Å². The minimum atomic E-state index is -0.614. The van der Waals surface area contributed by atoms with Gasteiger partial charge in [0.2, 0.25) is 0 Å². The van der Waals surface area contributed by atoms with Gasteiger partial charge in [-0.1, -0.05) is 6.07 Å². The molecular weight excluding hydrogens is 315 g/mol. The Morgan fingerprint density at radius 2 is 2.00 bits per heavy atom. The van der Waals surface area contributed by atoms with Gasteiger partial charge in [0.05, 0.1) is 17.1 Å². The Morgan fingerprint density at radius 1 is 1.21 bits per heavy atom. The van der Waals surface area contributed by atoms with Crippen LogP contribution in [0.5, 0.6) is 17.2 Å². The van der Waals surface area contributed by atoms with E-state index < -0.39 is 5.82 Å². The van der Waals surface area contributed by atoms with Crippen LogP contribution in [-0.2, 0) is 0 Å². The third-order valence-electron chi connectivity index (χ3n) is 2.49. The van der Waals surface area contributed by atoms with Crippen molar-refractivity contribution in [3.63, 3.8) is 0 Å². The van der Waals surface area contributed by atoms with Gasteiger partial charge < -0.3 is 9.47 Å². The molecule has 0 heterocycles. The van der Waals surface area contributed by atoms with E-state index in [1.165, 1.54) is 18.2 Å². The molecular formula is C14H10BrFO3. The number of halogens is 2. The molecule has 0 amide bonds.